The van der Waals surface area contributed by atoms with Crippen LogP contribution in [-0.2, 0) is 33.5 Å². The zero-order valence-electron chi connectivity index (χ0n) is 30.5. The van der Waals surface area contributed by atoms with Crippen molar-refractivity contribution < 1.29 is 38.7 Å². The zero-order valence-corrected chi connectivity index (χ0v) is 32.9. The molecule has 3 atom stereocenters. The van der Waals surface area contributed by atoms with Crippen LogP contribution in [0, 0.1) is 17.3 Å². The summed E-state index contributed by atoms with van der Waals surface area (Å²) in [5, 5.41) is 10.7. The van der Waals surface area contributed by atoms with Gasteiger partial charge in [-0.25, -0.2) is 4.79 Å². The van der Waals surface area contributed by atoms with Gasteiger partial charge in [-0.1, -0.05) is 91.3 Å². The summed E-state index contributed by atoms with van der Waals surface area (Å²) < 4.78 is 5.68. The van der Waals surface area contributed by atoms with Crippen molar-refractivity contribution in [2.45, 2.75) is 141 Å². The highest BCUT2D eigenvalue weighted by Crippen LogP contribution is 2.41. The number of carboxylic acid groups (broad SMARTS) is 1. The number of nitrogens with zero attached hydrogens (tertiary/aromatic N) is 2. The Bertz CT molecular complexity index is 1070. The summed E-state index contributed by atoms with van der Waals surface area (Å²) >= 11 is 8.88. The second-order valence-corrected chi connectivity index (χ2v) is 18.8. The Hall–Kier alpha value is -1.70. The minimum atomic E-state index is -1.28. The zero-order chi connectivity index (χ0) is 36.5. The Labute approximate surface area is 302 Å². The summed E-state index contributed by atoms with van der Waals surface area (Å²) in [7, 11) is 3.68. The monoisotopic (exact) mass is 732 g/mol. The first-order valence-corrected chi connectivity index (χ1v) is 19.5. The summed E-state index contributed by atoms with van der Waals surface area (Å²) in [5.41, 5.74) is -1.28. The van der Waals surface area contributed by atoms with Crippen LogP contribution in [0.4, 0.5) is 0 Å². The second kappa shape index (κ2) is 22.2. The number of unbranched alkanes of at least 4 members (excludes halogenated alkanes) is 7. The number of hydroxylamine groups is 2. The maximum atomic E-state index is 13.6. The molecule has 1 fully saturated rings. The highest BCUT2D eigenvalue weighted by Gasteiger charge is 2.41. The van der Waals surface area contributed by atoms with Gasteiger partial charge in [-0.2, -0.15) is 0 Å². The van der Waals surface area contributed by atoms with E-state index in [1.54, 1.807) is 11.8 Å². The molecule has 1 aliphatic rings. The normalized spacial score (nSPS) is 15.8. The van der Waals surface area contributed by atoms with Crippen molar-refractivity contribution in [3.63, 3.8) is 0 Å². The van der Waals surface area contributed by atoms with Crippen molar-refractivity contribution in [3.8, 4) is 0 Å². The van der Waals surface area contributed by atoms with Crippen molar-refractivity contribution in [2.24, 2.45) is 17.3 Å². The number of carbonyl (C=O) groups is 5. The standard InChI is InChI=1S/C35H60N2O8S3/c1-9-10-11-12-13-14-15-16-17-25(2)47-33(46)48-35(5,6)24-27(31(41)45-37-28(38)18-19-29(37)39)22-26(23-34(3,4)32(42)43)30(40)44-21-20-36(7)8/h25-27H,9-24H2,1-8H3,(H,42,43). The lowest BCUT2D eigenvalue weighted by Gasteiger charge is -2.32. The van der Waals surface area contributed by atoms with Gasteiger partial charge in [0.2, 0.25) is 0 Å². The molecule has 48 heavy (non-hydrogen) atoms. The average molecular weight is 733 g/mol. The van der Waals surface area contributed by atoms with Crippen molar-refractivity contribution in [3.05, 3.63) is 0 Å². The fourth-order valence-corrected chi connectivity index (χ4v) is 9.40. The van der Waals surface area contributed by atoms with Crippen molar-refractivity contribution >= 4 is 69.0 Å². The van der Waals surface area contributed by atoms with Crippen LogP contribution in [0.25, 0.3) is 0 Å². The number of carbonyl (C=O) groups excluding carboxylic acids is 4. The third-order valence-corrected chi connectivity index (χ3v) is 11.2. The van der Waals surface area contributed by atoms with Crippen LogP contribution in [0.3, 0.4) is 0 Å². The van der Waals surface area contributed by atoms with Crippen LogP contribution in [0.1, 0.15) is 131 Å². The number of hydrogen-bond donors (Lipinski definition) is 1. The van der Waals surface area contributed by atoms with E-state index in [2.05, 4.69) is 13.8 Å². The third kappa shape index (κ3) is 17.8. The SMILES string of the molecule is CCCCCCCCCCC(C)SC(=S)SC(C)(C)CC(CC(CC(C)(C)C(=O)O)C(=O)OCCN(C)C)C(=O)ON1C(=O)CCC1=O. The molecule has 276 valence electrons. The molecule has 1 rings (SSSR count). The van der Waals surface area contributed by atoms with Gasteiger partial charge in [0.15, 0.2) is 0 Å². The lowest BCUT2D eigenvalue weighted by molar-refractivity contribution is -0.201. The molecular formula is C35H60N2O8S3. The van der Waals surface area contributed by atoms with Crippen LogP contribution in [0.5, 0.6) is 0 Å². The highest BCUT2D eigenvalue weighted by atomic mass is 32.2. The van der Waals surface area contributed by atoms with E-state index in [1.165, 1.54) is 70.6 Å². The van der Waals surface area contributed by atoms with Gasteiger partial charge in [-0.05, 0) is 53.6 Å². The number of likely N-dealkylation sites (N-methyl/N-ethyl adjacent to an activating group) is 1. The number of thiocarbonyl (C=S) groups is 1. The number of thioether (sulfide) groups is 2. The second-order valence-electron chi connectivity index (χ2n) is 14.5. The number of amides is 2. The molecule has 1 heterocycles. The number of rotatable bonds is 24. The van der Waals surface area contributed by atoms with Gasteiger partial charge in [0.1, 0.15) is 10.1 Å². The Balaban J connectivity index is 3.03. The molecule has 1 aliphatic heterocycles. The first kappa shape index (κ1) is 44.3. The summed E-state index contributed by atoms with van der Waals surface area (Å²) in [6.07, 6.45) is 11.1. The molecule has 2 amide bonds. The van der Waals surface area contributed by atoms with Crippen LogP contribution in [-0.4, -0.2) is 85.6 Å². The first-order chi connectivity index (χ1) is 22.4. The van der Waals surface area contributed by atoms with Gasteiger partial charge in [0.25, 0.3) is 11.8 Å². The van der Waals surface area contributed by atoms with E-state index >= 15 is 0 Å². The van der Waals surface area contributed by atoms with Gasteiger partial charge in [0.05, 0.1) is 17.3 Å². The van der Waals surface area contributed by atoms with E-state index in [-0.39, 0.29) is 38.7 Å². The number of esters is 1. The molecule has 0 saturated carbocycles. The number of carboxylic acids is 1. The molecule has 3 unspecified atom stereocenters. The lowest BCUT2D eigenvalue weighted by Crippen LogP contribution is -2.39. The lowest BCUT2D eigenvalue weighted by atomic mass is 9.78. The van der Waals surface area contributed by atoms with E-state index < -0.39 is 51.7 Å². The topological polar surface area (TPSA) is 131 Å². The van der Waals surface area contributed by atoms with Gasteiger partial charge in [-0.3, -0.25) is 19.2 Å². The fourth-order valence-electron chi connectivity index (χ4n) is 5.52. The minimum absolute atomic E-state index is 0.0472. The number of aliphatic carboxylic acids is 1. The summed E-state index contributed by atoms with van der Waals surface area (Å²) in [4.78, 5) is 70.8. The van der Waals surface area contributed by atoms with E-state index in [4.69, 9.17) is 21.8 Å². The van der Waals surface area contributed by atoms with Crippen LogP contribution in [0.2, 0.25) is 0 Å². The van der Waals surface area contributed by atoms with Crippen molar-refractivity contribution in [1.82, 2.24) is 9.96 Å². The van der Waals surface area contributed by atoms with Gasteiger partial charge < -0.3 is 19.6 Å². The molecule has 13 heteroatoms. The van der Waals surface area contributed by atoms with E-state index in [1.807, 2.05) is 32.8 Å². The predicted molar refractivity (Wildman–Crippen MR) is 197 cm³/mol. The summed E-state index contributed by atoms with van der Waals surface area (Å²) in [6, 6.07) is 0. The van der Waals surface area contributed by atoms with Crippen LogP contribution >= 0.6 is 35.7 Å². The third-order valence-electron chi connectivity index (χ3n) is 8.40. The molecule has 0 aromatic carbocycles. The maximum absolute atomic E-state index is 13.6. The van der Waals surface area contributed by atoms with Crippen LogP contribution < -0.4 is 0 Å². The number of hydrogen-bond acceptors (Lipinski definition) is 11. The Morgan fingerprint density at radius 3 is 2.00 bits per heavy atom. The molecule has 1 saturated heterocycles. The van der Waals surface area contributed by atoms with E-state index in [0.717, 1.165) is 16.4 Å². The smallest absolute Gasteiger partial charge is 0.336 e. The Kier molecular flexibility index (Phi) is 20.5. The molecule has 0 radical (unpaired) electrons. The van der Waals surface area contributed by atoms with E-state index in [9.17, 15) is 29.1 Å². The predicted octanol–water partition coefficient (Wildman–Crippen LogP) is 7.66. The van der Waals surface area contributed by atoms with Crippen molar-refractivity contribution in [2.75, 3.05) is 27.2 Å². The molecule has 0 spiro atoms. The summed E-state index contributed by atoms with van der Waals surface area (Å²) in [5.74, 6) is -5.62. The molecule has 0 aromatic heterocycles. The quantitative estimate of drug-likeness (QED) is 0.0453. The fraction of sp³-hybridized carbons (Fsp3) is 0.829. The Morgan fingerprint density at radius 2 is 1.46 bits per heavy atom. The summed E-state index contributed by atoms with van der Waals surface area (Å²) in [6.45, 7) is 11.9. The van der Waals surface area contributed by atoms with Crippen molar-refractivity contribution in [1.29, 1.82) is 0 Å². The minimum Gasteiger partial charge on any atom is -0.481 e. The molecule has 0 aliphatic carbocycles. The molecule has 10 nitrogen and oxygen atoms in total. The van der Waals surface area contributed by atoms with E-state index in [0.29, 0.717) is 16.9 Å². The highest BCUT2D eigenvalue weighted by molar-refractivity contribution is 8.47. The van der Waals surface area contributed by atoms with Gasteiger partial charge in [0, 0.05) is 29.4 Å². The van der Waals surface area contributed by atoms with Gasteiger partial charge in [-0.15, -0.1) is 28.6 Å². The largest absolute Gasteiger partial charge is 0.481 e. The molecule has 0 aromatic rings. The number of imide groups is 1. The maximum Gasteiger partial charge on any atom is 0.336 e. The van der Waals surface area contributed by atoms with Crippen LogP contribution in [0.15, 0.2) is 0 Å². The Morgan fingerprint density at radius 1 is 0.917 bits per heavy atom. The first-order valence-electron chi connectivity index (χ1n) is 17.4. The van der Waals surface area contributed by atoms with Gasteiger partial charge >= 0.3 is 17.9 Å². The molecule has 0 bridgehead atoms. The number of ether oxygens (including phenoxy) is 1. The average Bonchev–Trinajstić information content (AvgIpc) is 3.28. The molecular weight excluding hydrogens is 673 g/mol. The molecule has 1 N–H and O–H groups in total.